The van der Waals surface area contributed by atoms with Gasteiger partial charge in [0.15, 0.2) is 0 Å². The molecule has 0 aliphatic heterocycles. The van der Waals surface area contributed by atoms with Crippen molar-refractivity contribution >= 4 is 10.8 Å². The highest BCUT2D eigenvalue weighted by atomic mass is 16.5. The van der Waals surface area contributed by atoms with Gasteiger partial charge in [0.1, 0.15) is 0 Å². The summed E-state index contributed by atoms with van der Waals surface area (Å²) >= 11 is 0. The quantitative estimate of drug-likeness (QED) is 0.838. The molecule has 0 unspecified atom stereocenters. The monoisotopic (exact) mass is 216 g/mol. The van der Waals surface area contributed by atoms with Gasteiger partial charge in [-0.15, -0.1) is 0 Å². The number of pyridine rings is 1. The predicted octanol–water partition coefficient (Wildman–Crippen LogP) is 2.32. The Kier molecular flexibility index (Phi) is 2.79. The summed E-state index contributed by atoms with van der Waals surface area (Å²) in [5.41, 5.74) is 8.94. The summed E-state index contributed by atoms with van der Waals surface area (Å²) in [5.74, 6) is 0.636. The van der Waals surface area contributed by atoms with Crippen LogP contribution >= 0.6 is 0 Å². The Morgan fingerprint density at radius 1 is 1.25 bits per heavy atom. The number of aromatic nitrogens is 1. The first-order valence-electron chi connectivity index (χ1n) is 5.31. The fraction of sp³-hybridized carbons (Fsp3) is 0.308. The minimum absolute atomic E-state index is 0.440. The molecule has 1 aromatic carbocycles. The number of benzene rings is 1. The molecule has 1 heterocycles. The van der Waals surface area contributed by atoms with Gasteiger partial charge in [0.25, 0.3) is 0 Å². The third-order valence-electron chi connectivity index (χ3n) is 2.81. The van der Waals surface area contributed by atoms with Crippen molar-refractivity contribution in [1.29, 1.82) is 0 Å². The molecule has 16 heavy (non-hydrogen) atoms. The Labute approximate surface area is 95.2 Å². The van der Waals surface area contributed by atoms with Crippen LogP contribution in [0.25, 0.3) is 10.8 Å². The highest BCUT2D eigenvalue weighted by Gasteiger charge is 2.10. The molecule has 84 valence electrons. The highest BCUT2D eigenvalue weighted by molar-refractivity contribution is 5.89. The lowest BCUT2D eigenvalue weighted by molar-refractivity contribution is 0.393. The topological polar surface area (TPSA) is 48.1 Å². The van der Waals surface area contributed by atoms with Crippen molar-refractivity contribution in [2.45, 2.75) is 20.4 Å². The van der Waals surface area contributed by atoms with E-state index in [4.69, 9.17) is 10.5 Å². The minimum atomic E-state index is 0.440. The molecular weight excluding hydrogens is 200 g/mol. The van der Waals surface area contributed by atoms with E-state index in [1.165, 1.54) is 5.56 Å². The molecule has 0 amide bonds. The van der Waals surface area contributed by atoms with Crippen LogP contribution in [0.4, 0.5) is 0 Å². The Bertz CT molecular complexity index is 535. The second-order valence-corrected chi connectivity index (χ2v) is 3.94. The van der Waals surface area contributed by atoms with E-state index in [0.717, 1.165) is 22.0 Å². The van der Waals surface area contributed by atoms with Crippen LogP contribution in [-0.2, 0) is 6.54 Å². The molecule has 2 N–H and O–H groups in total. The molecule has 0 bridgehead atoms. The molecule has 0 aliphatic carbocycles. The fourth-order valence-electron chi connectivity index (χ4n) is 1.98. The summed E-state index contributed by atoms with van der Waals surface area (Å²) in [7, 11) is 1.63. The van der Waals surface area contributed by atoms with Gasteiger partial charge in [-0.3, -0.25) is 0 Å². The Morgan fingerprint density at radius 2 is 2.00 bits per heavy atom. The maximum absolute atomic E-state index is 5.76. The number of hydrogen-bond donors (Lipinski definition) is 1. The van der Waals surface area contributed by atoms with Crippen molar-refractivity contribution in [3.63, 3.8) is 0 Å². The van der Waals surface area contributed by atoms with Crippen molar-refractivity contribution in [2.24, 2.45) is 5.73 Å². The van der Waals surface area contributed by atoms with E-state index >= 15 is 0 Å². The molecule has 2 rings (SSSR count). The molecule has 2 aromatic rings. The van der Waals surface area contributed by atoms with E-state index in [-0.39, 0.29) is 0 Å². The summed E-state index contributed by atoms with van der Waals surface area (Å²) in [6, 6.07) is 6.31. The molecule has 1 aromatic heterocycles. The zero-order chi connectivity index (χ0) is 11.7. The normalized spacial score (nSPS) is 10.8. The molecule has 0 atom stereocenters. The highest BCUT2D eigenvalue weighted by Crippen LogP contribution is 2.28. The first kappa shape index (κ1) is 10.9. The minimum Gasteiger partial charge on any atom is -0.481 e. The van der Waals surface area contributed by atoms with Gasteiger partial charge >= 0.3 is 0 Å². The van der Waals surface area contributed by atoms with Gasteiger partial charge in [-0.05, 0) is 25.3 Å². The average molecular weight is 216 g/mol. The third kappa shape index (κ3) is 1.63. The van der Waals surface area contributed by atoms with E-state index in [9.17, 15) is 0 Å². The van der Waals surface area contributed by atoms with E-state index in [1.807, 2.05) is 6.92 Å². The number of fused-ring (bicyclic) bond motifs is 1. The summed E-state index contributed by atoms with van der Waals surface area (Å²) in [6.07, 6.45) is 0. The van der Waals surface area contributed by atoms with Gasteiger partial charge in [-0.1, -0.05) is 17.7 Å². The van der Waals surface area contributed by atoms with Gasteiger partial charge in [-0.2, -0.15) is 0 Å². The third-order valence-corrected chi connectivity index (χ3v) is 2.81. The lowest BCUT2D eigenvalue weighted by Gasteiger charge is -2.12. The molecule has 3 nitrogen and oxygen atoms in total. The van der Waals surface area contributed by atoms with Crippen LogP contribution in [-0.4, -0.2) is 12.1 Å². The van der Waals surface area contributed by atoms with Crippen molar-refractivity contribution in [1.82, 2.24) is 4.98 Å². The average Bonchev–Trinajstić information content (AvgIpc) is 2.29. The first-order valence-corrected chi connectivity index (χ1v) is 5.31. The number of aryl methyl sites for hydroxylation is 2. The van der Waals surface area contributed by atoms with Crippen LogP contribution in [0.15, 0.2) is 18.2 Å². The van der Waals surface area contributed by atoms with E-state index in [2.05, 4.69) is 30.1 Å². The lowest BCUT2D eigenvalue weighted by Crippen LogP contribution is -2.04. The summed E-state index contributed by atoms with van der Waals surface area (Å²) in [6.45, 7) is 4.51. The fourth-order valence-corrected chi connectivity index (χ4v) is 1.98. The van der Waals surface area contributed by atoms with E-state index in [0.29, 0.717) is 12.4 Å². The molecule has 0 spiro atoms. The molecule has 0 radical (unpaired) electrons. The standard InChI is InChI=1S/C13H16N2O/c1-8-4-5-10-11(6-8)9(2)15-13(16-3)12(10)7-14/h4-6H,7,14H2,1-3H3. The van der Waals surface area contributed by atoms with Crippen LogP contribution < -0.4 is 10.5 Å². The van der Waals surface area contributed by atoms with Crippen LogP contribution in [0.3, 0.4) is 0 Å². The van der Waals surface area contributed by atoms with Crippen molar-refractivity contribution < 1.29 is 4.74 Å². The number of methoxy groups -OCH3 is 1. The van der Waals surface area contributed by atoms with Gasteiger partial charge in [-0.25, -0.2) is 4.98 Å². The molecule has 0 fully saturated rings. The maximum atomic E-state index is 5.76. The maximum Gasteiger partial charge on any atom is 0.218 e. The SMILES string of the molecule is COc1nc(C)c2cc(C)ccc2c1CN. The molecule has 0 saturated carbocycles. The number of nitrogens with zero attached hydrogens (tertiary/aromatic N) is 1. The zero-order valence-corrected chi connectivity index (χ0v) is 9.87. The molecule has 3 heteroatoms. The van der Waals surface area contributed by atoms with Crippen LogP contribution in [0.5, 0.6) is 5.88 Å². The van der Waals surface area contributed by atoms with Gasteiger partial charge in [0.05, 0.1) is 7.11 Å². The van der Waals surface area contributed by atoms with Gasteiger partial charge in [0, 0.05) is 23.2 Å². The van der Waals surface area contributed by atoms with E-state index < -0.39 is 0 Å². The van der Waals surface area contributed by atoms with Crippen LogP contribution in [0, 0.1) is 13.8 Å². The first-order chi connectivity index (χ1) is 7.67. The Morgan fingerprint density at radius 3 is 2.62 bits per heavy atom. The number of nitrogens with two attached hydrogens (primary N) is 1. The molecule has 0 aliphatic rings. The number of hydrogen-bond acceptors (Lipinski definition) is 3. The van der Waals surface area contributed by atoms with Crippen molar-refractivity contribution in [3.8, 4) is 5.88 Å². The van der Waals surface area contributed by atoms with Crippen molar-refractivity contribution in [2.75, 3.05) is 7.11 Å². The lowest BCUT2D eigenvalue weighted by atomic mass is 10.0. The van der Waals surface area contributed by atoms with Gasteiger partial charge < -0.3 is 10.5 Å². The molecule has 0 saturated heterocycles. The molecular formula is C13H16N2O. The van der Waals surface area contributed by atoms with Crippen LogP contribution in [0.2, 0.25) is 0 Å². The Balaban J connectivity index is 2.86. The smallest absolute Gasteiger partial charge is 0.218 e. The van der Waals surface area contributed by atoms with Crippen LogP contribution in [0.1, 0.15) is 16.8 Å². The van der Waals surface area contributed by atoms with E-state index in [1.54, 1.807) is 7.11 Å². The largest absolute Gasteiger partial charge is 0.481 e. The zero-order valence-electron chi connectivity index (χ0n) is 9.87. The van der Waals surface area contributed by atoms with Gasteiger partial charge in [0.2, 0.25) is 5.88 Å². The number of rotatable bonds is 2. The number of ether oxygens (including phenoxy) is 1. The summed E-state index contributed by atoms with van der Waals surface area (Å²) < 4.78 is 5.26. The summed E-state index contributed by atoms with van der Waals surface area (Å²) in [5, 5.41) is 2.29. The second-order valence-electron chi connectivity index (χ2n) is 3.94. The van der Waals surface area contributed by atoms with Crippen molar-refractivity contribution in [3.05, 3.63) is 35.0 Å². The Hall–Kier alpha value is -1.61. The summed E-state index contributed by atoms with van der Waals surface area (Å²) in [4.78, 5) is 4.43. The predicted molar refractivity (Wildman–Crippen MR) is 65.7 cm³/mol. The second kappa shape index (κ2) is 4.10.